The van der Waals surface area contributed by atoms with Gasteiger partial charge in [0.05, 0.1) is 33.5 Å². The zero-order valence-electron chi connectivity index (χ0n) is 15.0. The van der Waals surface area contributed by atoms with Crippen LogP contribution < -0.4 is 0 Å². The minimum Gasteiger partial charge on any atom is -0.468 e. The SMILES string of the molecule is COC(=O)C1CC(=C2OCC(C)(C)CO2)CN1OCc1ccccc1. The predicted molar refractivity (Wildman–Crippen MR) is 91.1 cm³/mol. The molecule has 2 aliphatic heterocycles. The molecule has 6 heteroatoms. The van der Waals surface area contributed by atoms with Gasteiger partial charge in [-0.3, -0.25) is 9.63 Å². The average molecular weight is 347 g/mol. The van der Waals surface area contributed by atoms with E-state index < -0.39 is 6.04 Å². The molecule has 0 spiro atoms. The molecule has 0 aliphatic carbocycles. The third-order valence-electron chi connectivity index (χ3n) is 4.32. The first kappa shape index (κ1) is 17.8. The molecular formula is C19H25NO5. The van der Waals surface area contributed by atoms with E-state index in [2.05, 4.69) is 13.8 Å². The highest BCUT2D eigenvalue weighted by Gasteiger charge is 2.39. The van der Waals surface area contributed by atoms with Gasteiger partial charge >= 0.3 is 5.97 Å². The van der Waals surface area contributed by atoms with Crippen molar-refractivity contribution in [2.45, 2.75) is 32.9 Å². The van der Waals surface area contributed by atoms with Crippen molar-refractivity contribution >= 4 is 5.97 Å². The van der Waals surface area contributed by atoms with Gasteiger partial charge in [-0.2, -0.15) is 5.06 Å². The molecular weight excluding hydrogens is 322 g/mol. The lowest BCUT2D eigenvalue weighted by Crippen LogP contribution is -2.36. The summed E-state index contributed by atoms with van der Waals surface area (Å²) >= 11 is 0. The number of carbonyl (C=O) groups excluding carboxylic acids is 1. The Morgan fingerprint density at radius 2 is 1.92 bits per heavy atom. The Balaban J connectivity index is 1.69. The van der Waals surface area contributed by atoms with Gasteiger partial charge < -0.3 is 14.2 Å². The number of benzene rings is 1. The Kier molecular flexibility index (Phi) is 5.30. The summed E-state index contributed by atoms with van der Waals surface area (Å²) in [5.74, 6) is 0.207. The summed E-state index contributed by atoms with van der Waals surface area (Å²) in [6.45, 7) is 6.23. The van der Waals surface area contributed by atoms with Crippen LogP contribution in [-0.2, 0) is 30.4 Å². The maximum absolute atomic E-state index is 12.1. The quantitative estimate of drug-likeness (QED) is 0.781. The molecule has 0 radical (unpaired) electrons. The van der Waals surface area contributed by atoms with Crippen molar-refractivity contribution in [1.29, 1.82) is 0 Å². The van der Waals surface area contributed by atoms with Crippen LogP contribution in [0.1, 0.15) is 25.8 Å². The summed E-state index contributed by atoms with van der Waals surface area (Å²) in [4.78, 5) is 18.0. The van der Waals surface area contributed by atoms with E-state index in [4.69, 9.17) is 19.0 Å². The predicted octanol–water partition coefficient (Wildman–Crippen LogP) is 2.65. The van der Waals surface area contributed by atoms with Crippen LogP contribution in [0.3, 0.4) is 0 Å². The van der Waals surface area contributed by atoms with Crippen LogP contribution in [0.15, 0.2) is 41.9 Å². The van der Waals surface area contributed by atoms with Crippen LogP contribution >= 0.6 is 0 Å². The molecule has 1 aromatic rings. The van der Waals surface area contributed by atoms with Crippen molar-refractivity contribution in [3.63, 3.8) is 0 Å². The summed E-state index contributed by atoms with van der Waals surface area (Å²) in [5, 5.41) is 1.66. The highest BCUT2D eigenvalue weighted by atomic mass is 16.7. The third kappa shape index (κ3) is 4.32. The summed E-state index contributed by atoms with van der Waals surface area (Å²) < 4.78 is 16.5. The van der Waals surface area contributed by atoms with E-state index in [1.54, 1.807) is 5.06 Å². The largest absolute Gasteiger partial charge is 0.468 e. The van der Waals surface area contributed by atoms with Gasteiger partial charge in [-0.25, -0.2) is 0 Å². The van der Waals surface area contributed by atoms with Gasteiger partial charge in [0, 0.05) is 17.4 Å². The van der Waals surface area contributed by atoms with Crippen molar-refractivity contribution in [2.24, 2.45) is 5.41 Å². The molecule has 2 saturated heterocycles. The van der Waals surface area contributed by atoms with E-state index in [0.29, 0.717) is 38.7 Å². The molecule has 0 aromatic heterocycles. The Hall–Kier alpha value is -2.05. The molecule has 25 heavy (non-hydrogen) atoms. The van der Waals surface area contributed by atoms with Crippen molar-refractivity contribution in [1.82, 2.24) is 5.06 Å². The van der Waals surface area contributed by atoms with Gasteiger partial charge in [0.15, 0.2) is 0 Å². The Morgan fingerprint density at radius 1 is 1.24 bits per heavy atom. The number of hydroxylamine groups is 2. The summed E-state index contributed by atoms with van der Waals surface area (Å²) in [6, 6.07) is 9.35. The average Bonchev–Trinajstić information content (AvgIpc) is 3.04. The fourth-order valence-corrected chi connectivity index (χ4v) is 2.86. The first-order valence-electron chi connectivity index (χ1n) is 8.47. The molecule has 3 rings (SSSR count). The minimum atomic E-state index is -0.488. The molecule has 0 bridgehead atoms. The molecule has 0 N–H and O–H groups in total. The number of ether oxygens (including phenoxy) is 3. The van der Waals surface area contributed by atoms with Crippen LogP contribution in [0.4, 0.5) is 0 Å². The van der Waals surface area contributed by atoms with Gasteiger partial charge in [0.1, 0.15) is 6.04 Å². The lowest BCUT2D eigenvalue weighted by atomic mass is 9.96. The zero-order chi connectivity index (χ0) is 17.9. The van der Waals surface area contributed by atoms with Gasteiger partial charge in [-0.1, -0.05) is 44.2 Å². The number of esters is 1. The zero-order valence-corrected chi connectivity index (χ0v) is 15.0. The van der Waals surface area contributed by atoms with E-state index in [0.717, 1.165) is 11.1 Å². The molecule has 2 heterocycles. The van der Waals surface area contributed by atoms with Crippen molar-refractivity contribution in [3.05, 3.63) is 47.4 Å². The smallest absolute Gasteiger partial charge is 0.325 e. The molecule has 2 fully saturated rings. The van der Waals surface area contributed by atoms with Gasteiger partial charge in [0.2, 0.25) is 0 Å². The number of carbonyl (C=O) groups is 1. The standard InChI is InChI=1S/C19H25NO5/c1-19(2)12-23-18(24-13-19)15-9-16(17(21)22-3)20(10-15)25-11-14-7-5-4-6-8-14/h4-8,16H,9-13H2,1-3H3. The second-order valence-electron chi connectivity index (χ2n) is 7.21. The van der Waals surface area contributed by atoms with Crippen LogP contribution in [-0.4, -0.2) is 43.9 Å². The first-order chi connectivity index (χ1) is 12.0. The molecule has 1 unspecified atom stereocenters. The summed E-state index contributed by atoms with van der Waals surface area (Å²) in [7, 11) is 1.39. The van der Waals surface area contributed by atoms with E-state index in [-0.39, 0.29) is 11.4 Å². The van der Waals surface area contributed by atoms with Gasteiger partial charge in [-0.15, -0.1) is 0 Å². The van der Waals surface area contributed by atoms with Gasteiger partial charge in [0.25, 0.3) is 5.95 Å². The molecule has 2 aliphatic rings. The van der Waals surface area contributed by atoms with Gasteiger partial charge in [-0.05, 0) is 5.56 Å². The number of rotatable bonds is 4. The molecule has 0 amide bonds. The van der Waals surface area contributed by atoms with Crippen LogP contribution in [0, 0.1) is 5.41 Å². The van der Waals surface area contributed by atoms with Crippen LogP contribution in [0.2, 0.25) is 0 Å². The Morgan fingerprint density at radius 3 is 2.56 bits per heavy atom. The molecule has 6 nitrogen and oxygen atoms in total. The maximum atomic E-state index is 12.1. The normalized spacial score (nSPS) is 23.1. The molecule has 1 atom stereocenters. The number of nitrogens with zero attached hydrogens (tertiary/aromatic N) is 1. The topological polar surface area (TPSA) is 57.2 Å². The second kappa shape index (κ2) is 7.45. The molecule has 0 saturated carbocycles. The lowest BCUT2D eigenvalue weighted by Gasteiger charge is -2.32. The monoisotopic (exact) mass is 347 g/mol. The van der Waals surface area contributed by atoms with Crippen molar-refractivity contribution in [3.8, 4) is 0 Å². The maximum Gasteiger partial charge on any atom is 0.325 e. The Labute approximate surface area is 148 Å². The van der Waals surface area contributed by atoms with Crippen LogP contribution in [0.5, 0.6) is 0 Å². The van der Waals surface area contributed by atoms with E-state index in [1.807, 2.05) is 30.3 Å². The summed E-state index contributed by atoms with van der Waals surface area (Å²) in [5.41, 5.74) is 1.96. The minimum absolute atomic E-state index is 0.00604. The van der Waals surface area contributed by atoms with Crippen molar-refractivity contribution < 1.29 is 23.8 Å². The van der Waals surface area contributed by atoms with Crippen molar-refractivity contribution in [2.75, 3.05) is 26.9 Å². The highest BCUT2D eigenvalue weighted by molar-refractivity contribution is 5.76. The van der Waals surface area contributed by atoms with E-state index in [9.17, 15) is 4.79 Å². The van der Waals surface area contributed by atoms with Crippen LogP contribution in [0.25, 0.3) is 0 Å². The fourth-order valence-electron chi connectivity index (χ4n) is 2.86. The number of methoxy groups -OCH3 is 1. The van der Waals surface area contributed by atoms with E-state index >= 15 is 0 Å². The second-order valence-corrected chi connectivity index (χ2v) is 7.21. The molecule has 136 valence electrons. The lowest BCUT2D eigenvalue weighted by molar-refractivity contribution is -0.194. The molecule has 1 aromatic carbocycles. The number of hydrogen-bond donors (Lipinski definition) is 0. The Bertz CT molecular complexity index is 628. The third-order valence-corrected chi connectivity index (χ3v) is 4.32. The first-order valence-corrected chi connectivity index (χ1v) is 8.47. The summed E-state index contributed by atoms with van der Waals surface area (Å²) in [6.07, 6.45) is 0.483. The van der Waals surface area contributed by atoms with E-state index in [1.165, 1.54) is 7.11 Å². The fraction of sp³-hybridized carbons (Fsp3) is 0.526. The highest BCUT2D eigenvalue weighted by Crippen LogP contribution is 2.32. The number of hydrogen-bond acceptors (Lipinski definition) is 6.